The van der Waals surface area contributed by atoms with E-state index in [0.29, 0.717) is 5.69 Å². The predicted octanol–water partition coefficient (Wildman–Crippen LogP) is -0.253. The first-order valence-corrected chi connectivity index (χ1v) is 6.45. The van der Waals surface area contributed by atoms with Crippen LogP contribution in [0.15, 0.2) is 36.8 Å². The Morgan fingerprint density at radius 1 is 1.29 bits per heavy atom. The lowest BCUT2D eigenvalue weighted by atomic mass is 10.1. The lowest BCUT2D eigenvalue weighted by Crippen LogP contribution is -2.46. The molecule has 0 aliphatic rings. The van der Waals surface area contributed by atoms with Crippen molar-refractivity contribution in [2.45, 2.75) is 18.9 Å². The third kappa shape index (κ3) is 4.34. The number of benzene rings is 1. The van der Waals surface area contributed by atoms with E-state index in [2.05, 4.69) is 15.3 Å². The zero-order valence-corrected chi connectivity index (χ0v) is 11.4. The Labute approximate surface area is 121 Å². The molecule has 0 bridgehead atoms. The van der Waals surface area contributed by atoms with E-state index in [4.69, 9.17) is 11.5 Å². The predicted molar refractivity (Wildman–Crippen MR) is 78.0 cm³/mol. The van der Waals surface area contributed by atoms with E-state index in [1.807, 2.05) is 0 Å². The van der Waals surface area contributed by atoms with E-state index in [9.17, 15) is 9.59 Å². The maximum Gasteiger partial charge on any atom is 0.240 e. The van der Waals surface area contributed by atoms with Crippen molar-refractivity contribution in [2.75, 3.05) is 5.73 Å². The number of rotatable bonds is 6. The van der Waals surface area contributed by atoms with Crippen molar-refractivity contribution in [1.29, 1.82) is 0 Å². The maximum atomic E-state index is 12.0. The molecule has 1 heterocycles. The third-order valence-electron chi connectivity index (χ3n) is 3.00. The largest absolute Gasteiger partial charge is 0.399 e. The van der Waals surface area contributed by atoms with Crippen LogP contribution in [-0.2, 0) is 22.4 Å². The van der Waals surface area contributed by atoms with Gasteiger partial charge >= 0.3 is 0 Å². The summed E-state index contributed by atoms with van der Waals surface area (Å²) in [5.41, 5.74) is 13.1. The molecule has 0 radical (unpaired) electrons. The zero-order valence-electron chi connectivity index (χ0n) is 11.4. The number of amides is 2. The number of carbonyl (C=O) groups is 2. The molecule has 0 saturated heterocycles. The van der Waals surface area contributed by atoms with Gasteiger partial charge in [-0.05, 0) is 17.7 Å². The monoisotopic (exact) mass is 287 g/mol. The van der Waals surface area contributed by atoms with Crippen molar-refractivity contribution in [3.05, 3.63) is 48.0 Å². The fourth-order valence-corrected chi connectivity index (χ4v) is 1.91. The van der Waals surface area contributed by atoms with Gasteiger partial charge in [-0.3, -0.25) is 9.59 Å². The average Bonchev–Trinajstić information content (AvgIpc) is 2.93. The molecule has 0 aliphatic carbocycles. The van der Waals surface area contributed by atoms with Crippen LogP contribution in [0.3, 0.4) is 0 Å². The molecule has 0 saturated carbocycles. The fraction of sp³-hybridized carbons (Fsp3) is 0.214. The first-order chi connectivity index (χ1) is 10.0. The second kappa shape index (κ2) is 6.56. The molecular formula is C14H17N5O2. The van der Waals surface area contributed by atoms with Gasteiger partial charge in [-0.2, -0.15) is 0 Å². The minimum absolute atomic E-state index is 0.160. The molecule has 110 valence electrons. The van der Waals surface area contributed by atoms with Crippen molar-refractivity contribution in [3.63, 3.8) is 0 Å². The summed E-state index contributed by atoms with van der Waals surface area (Å²) >= 11 is 0. The standard InChI is InChI=1S/C14H17N5O2/c15-10-3-1-9(2-4-10)5-13(20)19-12(14(16)21)6-11-7-17-8-18-11/h1-4,7-8,12H,5-6,15H2,(H2,16,21)(H,17,18)(H,19,20). The van der Waals surface area contributed by atoms with Crippen molar-refractivity contribution in [1.82, 2.24) is 15.3 Å². The van der Waals surface area contributed by atoms with Crippen molar-refractivity contribution in [3.8, 4) is 0 Å². The molecule has 6 N–H and O–H groups in total. The van der Waals surface area contributed by atoms with Crippen LogP contribution in [0, 0.1) is 0 Å². The van der Waals surface area contributed by atoms with Gasteiger partial charge in [0, 0.05) is 24.0 Å². The van der Waals surface area contributed by atoms with Crippen LogP contribution in [0.2, 0.25) is 0 Å². The number of hydrogen-bond donors (Lipinski definition) is 4. The van der Waals surface area contributed by atoms with Gasteiger partial charge in [0.2, 0.25) is 11.8 Å². The molecule has 2 aromatic rings. The van der Waals surface area contributed by atoms with Crippen LogP contribution in [0.5, 0.6) is 0 Å². The van der Waals surface area contributed by atoms with Crippen LogP contribution in [0.25, 0.3) is 0 Å². The fourth-order valence-electron chi connectivity index (χ4n) is 1.91. The minimum atomic E-state index is -0.772. The number of aromatic nitrogens is 2. The number of aromatic amines is 1. The highest BCUT2D eigenvalue weighted by atomic mass is 16.2. The quantitative estimate of drug-likeness (QED) is 0.546. The van der Waals surface area contributed by atoms with Crippen LogP contribution in [0.4, 0.5) is 5.69 Å². The number of nitrogen functional groups attached to an aromatic ring is 1. The molecule has 2 rings (SSSR count). The van der Waals surface area contributed by atoms with Gasteiger partial charge in [-0.15, -0.1) is 0 Å². The van der Waals surface area contributed by atoms with E-state index < -0.39 is 11.9 Å². The van der Waals surface area contributed by atoms with Gasteiger partial charge in [-0.25, -0.2) is 4.98 Å². The second-order valence-corrected chi connectivity index (χ2v) is 4.72. The highest BCUT2D eigenvalue weighted by Crippen LogP contribution is 2.06. The average molecular weight is 287 g/mol. The van der Waals surface area contributed by atoms with Crippen molar-refractivity contribution < 1.29 is 9.59 Å². The lowest BCUT2D eigenvalue weighted by Gasteiger charge is -2.14. The van der Waals surface area contributed by atoms with Crippen LogP contribution >= 0.6 is 0 Å². The van der Waals surface area contributed by atoms with Gasteiger partial charge in [-0.1, -0.05) is 12.1 Å². The van der Waals surface area contributed by atoms with Crippen molar-refractivity contribution in [2.24, 2.45) is 5.73 Å². The number of anilines is 1. The van der Waals surface area contributed by atoms with E-state index in [1.165, 1.54) is 6.33 Å². The Morgan fingerprint density at radius 3 is 2.57 bits per heavy atom. The number of nitrogens with one attached hydrogen (secondary N) is 2. The van der Waals surface area contributed by atoms with E-state index in [0.717, 1.165) is 11.3 Å². The van der Waals surface area contributed by atoms with Gasteiger partial charge in [0.1, 0.15) is 6.04 Å². The summed E-state index contributed by atoms with van der Waals surface area (Å²) < 4.78 is 0. The molecule has 1 aromatic carbocycles. The summed E-state index contributed by atoms with van der Waals surface area (Å²) in [6.07, 6.45) is 3.53. The molecule has 7 nitrogen and oxygen atoms in total. The maximum absolute atomic E-state index is 12.0. The summed E-state index contributed by atoms with van der Waals surface area (Å²) in [7, 11) is 0. The summed E-state index contributed by atoms with van der Waals surface area (Å²) in [5.74, 6) is -0.863. The summed E-state index contributed by atoms with van der Waals surface area (Å²) in [6, 6.07) is 6.20. The second-order valence-electron chi connectivity index (χ2n) is 4.72. The Kier molecular flexibility index (Phi) is 4.55. The third-order valence-corrected chi connectivity index (χ3v) is 3.00. The Bertz CT molecular complexity index is 607. The smallest absolute Gasteiger partial charge is 0.240 e. The highest BCUT2D eigenvalue weighted by molar-refractivity contribution is 5.87. The molecular weight excluding hydrogens is 270 g/mol. The first kappa shape index (κ1) is 14.6. The number of primary amides is 1. The van der Waals surface area contributed by atoms with Crippen LogP contribution in [0.1, 0.15) is 11.3 Å². The van der Waals surface area contributed by atoms with Gasteiger partial charge in [0.15, 0.2) is 0 Å². The Morgan fingerprint density at radius 2 is 2.00 bits per heavy atom. The van der Waals surface area contributed by atoms with Gasteiger partial charge < -0.3 is 21.8 Å². The lowest BCUT2D eigenvalue weighted by molar-refractivity contribution is -0.127. The molecule has 2 amide bonds. The molecule has 0 aliphatic heterocycles. The molecule has 1 atom stereocenters. The number of carbonyl (C=O) groups excluding carboxylic acids is 2. The van der Waals surface area contributed by atoms with Crippen molar-refractivity contribution >= 4 is 17.5 Å². The van der Waals surface area contributed by atoms with Gasteiger partial charge in [0.05, 0.1) is 12.7 Å². The van der Waals surface area contributed by atoms with E-state index >= 15 is 0 Å². The van der Waals surface area contributed by atoms with Crippen LogP contribution in [-0.4, -0.2) is 27.8 Å². The Balaban J connectivity index is 1.95. The minimum Gasteiger partial charge on any atom is -0.399 e. The van der Waals surface area contributed by atoms with E-state index in [1.54, 1.807) is 30.5 Å². The van der Waals surface area contributed by atoms with Gasteiger partial charge in [0.25, 0.3) is 0 Å². The number of nitrogens with zero attached hydrogens (tertiary/aromatic N) is 1. The molecule has 7 heteroatoms. The summed E-state index contributed by atoms with van der Waals surface area (Å²) in [6.45, 7) is 0. The summed E-state index contributed by atoms with van der Waals surface area (Å²) in [5, 5.41) is 2.63. The number of H-pyrrole nitrogens is 1. The van der Waals surface area contributed by atoms with E-state index in [-0.39, 0.29) is 18.7 Å². The molecule has 0 fully saturated rings. The highest BCUT2D eigenvalue weighted by Gasteiger charge is 2.19. The molecule has 0 spiro atoms. The molecule has 1 aromatic heterocycles. The van der Waals surface area contributed by atoms with Crippen LogP contribution < -0.4 is 16.8 Å². The summed E-state index contributed by atoms with van der Waals surface area (Å²) in [4.78, 5) is 30.1. The molecule has 21 heavy (non-hydrogen) atoms. The topological polar surface area (TPSA) is 127 Å². The number of hydrogen-bond acceptors (Lipinski definition) is 4. The number of nitrogens with two attached hydrogens (primary N) is 2. The Hall–Kier alpha value is -2.83. The number of imidazole rings is 1. The first-order valence-electron chi connectivity index (χ1n) is 6.45. The zero-order chi connectivity index (χ0) is 15.2. The normalized spacial score (nSPS) is 11.8. The SMILES string of the molecule is NC(=O)C(Cc1cnc[nH]1)NC(=O)Cc1ccc(N)cc1. The molecule has 1 unspecified atom stereocenters.